The van der Waals surface area contributed by atoms with E-state index in [2.05, 4.69) is 10.2 Å². The van der Waals surface area contributed by atoms with Crippen LogP contribution < -0.4 is 0 Å². The van der Waals surface area contributed by atoms with Gasteiger partial charge in [-0.3, -0.25) is 9.59 Å². The number of fused-ring (bicyclic) bond motifs is 1. The van der Waals surface area contributed by atoms with Gasteiger partial charge in [0.15, 0.2) is 0 Å². The predicted molar refractivity (Wildman–Crippen MR) is 112 cm³/mol. The molecule has 2 saturated heterocycles. The van der Waals surface area contributed by atoms with Crippen LogP contribution in [-0.4, -0.2) is 79.4 Å². The summed E-state index contributed by atoms with van der Waals surface area (Å²) in [7, 11) is -3.19. The van der Waals surface area contributed by atoms with Gasteiger partial charge in [0.2, 0.25) is 5.91 Å². The number of hydrogen-bond donors (Lipinski definition) is 0. The third-order valence-corrected chi connectivity index (χ3v) is 8.05. The summed E-state index contributed by atoms with van der Waals surface area (Å²) in [6, 6.07) is -0.313. The van der Waals surface area contributed by atoms with Gasteiger partial charge in [-0.2, -0.15) is 0 Å². The second-order valence-corrected chi connectivity index (χ2v) is 10.7. The van der Waals surface area contributed by atoms with E-state index in [1.165, 1.54) is 10.6 Å². The molecule has 2 atom stereocenters. The maximum atomic E-state index is 13.3. The molecule has 3 aliphatic heterocycles. The SMILES string of the molecule is CCOC(=O)C1CCN(C(=O)C2CCc3nnc(C4CCN([S+](C)(=O)[O-])CC4)n32)CC1. The number of carbonyl (C=O) groups excluding carboxylic acids is 2. The summed E-state index contributed by atoms with van der Waals surface area (Å²) in [4.78, 5) is 27.2. The van der Waals surface area contributed by atoms with Crippen molar-refractivity contribution >= 4 is 22.3 Å². The predicted octanol–water partition coefficient (Wildman–Crippen LogP) is 0.921. The fraction of sp³-hybridized carbons (Fsp3) is 0.800. The van der Waals surface area contributed by atoms with Crippen molar-refractivity contribution in [1.29, 1.82) is 0 Å². The molecule has 0 bridgehead atoms. The zero-order valence-corrected chi connectivity index (χ0v) is 19.0. The Morgan fingerprint density at radius 2 is 1.77 bits per heavy atom. The monoisotopic (exact) mass is 453 g/mol. The third kappa shape index (κ3) is 4.54. The van der Waals surface area contributed by atoms with E-state index >= 15 is 0 Å². The van der Waals surface area contributed by atoms with Gasteiger partial charge in [0.25, 0.3) is 0 Å². The molecule has 1 aromatic rings. The molecular weight excluding hydrogens is 422 g/mol. The largest absolute Gasteiger partial charge is 0.598 e. The lowest BCUT2D eigenvalue weighted by Gasteiger charge is -2.34. The average molecular weight is 454 g/mol. The lowest BCUT2D eigenvalue weighted by atomic mass is 9.95. The first kappa shape index (κ1) is 22.3. The van der Waals surface area contributed by atoms with Gasteiger partial charge in [-0.25, -0.2) is 0 Å². The molecule has 10 nitrogen and oxygen atoms in total. The van der Waals surface area contributed by atoms with Crippen molar-refractivity contribution in [3.05, 3.63) is 11.6 Å². The number of carbonyl (C=O) groups is 2. The lowest BCUT2D eigenvalue weighted by Crippen LogP contribution is -2.44. The molecule has 0 N–H and O–H groups in total. The van der Waals surface area contributed by atoms with E-state index in [-0.39, 0.29) is 29.8 Å². The van der Waals surface area contributed by atoms with Crippen molar-refractivity contribution in [2.45, 2.75) is 57.4 Å². The molecule has 1 amide bonds. The van der Waals surface area contributed by atoms with Crippen LogP contribution in [0.5, 0.6) is 0 Å². The van der Waals surface area contributed by atoms with Gasteiger partial charge in [-0.1, -0.05) is 4.21 Å². The van der Waals surface area contributed by atoms with Crippen LogP contribution in [0.1, 0.15) is 62.6 Å². The molecule has 2 fully saturated rings. The first-order valence-electron chi connectivity index (χ1n) is 11.1. The molecule has 3 aliphatic rings. The summed E-state index contributed by atoms with van der Waals surface area (Å²) in [5.74, 6) is 1.51. The van der Waals surface area contributed by atoms with Gasteiger partial charge < -0.3 is 18.8 Å². The van der Waals surface area contributed by atoms with Crippen molar-refractivity contribution in [2.24, 2.45) is 5.92 Å². The van der Waals surface area contributed by atoms with Gasteiger partial charge in [0, 0.05) is 38.5 Å². The second-order valence-electron chi connectivity index (χ2n) is 8.69. The standard InChI is InChI=1S/C20H31N5O5S/c1-3-30-20(27)15-6-10-23(11-7-15)19(26)16-4-5-17-21-22-18(25(16)17)14-8-12-24(13-9-14)31(2,28)29/h14-16H,3-13H2,1-2H3. The van der Waals surface area contributed by atoms with Crippen molar-refractivity contribution < 1.29 is 23.1 Å². The number of esters is 1. The summed E-state index contributed by atoms with van der Waals surface area (Å²) in [5.41, 5.74) is 0. The van der Waals surface area contributed by atoms with E-state index in [4.69, 9.17) is 4.74 Å². The van der Waals surface area contributed by atoms with Crippen LogP contribution in [0.3, 0.4) is 0 Å². The molecule has 31 heavy (non-hydrogen) atoms. The van der Waals surface area contributed by atoms with Crippen LogP contribution in [0.4, 0.5) is 0 Å². The average Bonchev–Trinajstić information content (AvgIpc) is 3.35. The fourth-order valence-corrected chi connectivity index (χ4v) is 5.88. The number of hydrogen-bond acceptors (Lipinski definition) is 7. The zero-order valence-electron chi connectivity index (χ0n) is 18.2. The molecule has 4 heterocycles. The quantitative estimate of drug-likeness (QED) is 0.480. The van der Waals surface area contributed by atoms with Crippen molar-refractivity contribution in [3.8, 4) is 0 Å². The van der Waals surface area contributed by atoms with Crippen LogP contribution in [0.15, 0.2) is 0 Å². The molecule has 0 radical (unpaired) electrons. The fourth-order valence-electron chi connectivity index (χ4n) is 5.01. The van der Waals surface area contributed by atoms with Gasteiger partial charge in [-0.15, -0.1) is 14.5 Å². The topological polar surface area (TPSA) is 121 Å². The number of piperidine rings is 2. The molecule has 4 rings (SSSR count). The van der Waals surface area contributed by atoms with Crippen LogP contribution in [0.25, 0.3) is 0 Å². The number of ether oxygens (including phenoxy) is 1. The maximum Gasteiger partial charge on any atom is 0.309 e. The summed E-state index contributed by atoms with van der Waals surface area (Å²) in [6.07, 6.45) is 5.27. The highest BCUT2D eigenvalue weighted by Gasteiger charge is 2.39. The Balaban J connectivity index is 1.41. The number of rotatable bonds is 5. The van der Waals surface area contributed by atoms with Crippen molar-refractivity contribution in [3.63, 3.8) is 0 Å². The summed E-state index contributed by atoms with van der Waals surface area (Å²) >= 11 is 0. The molecule has 1 aromatic heterocycles. The Hall–Kier alpha value is -1.85. The number of nitrogens with zero attached hydrogens (tertiary/aromatic N) is 5. The van der Waals surface area contributed by atoms with E-state index in [1.807, 2.05) is 9.47 Å². The normalized spacial score (nSPS) is 25.3. The minimum Gasteiger partial charge on any atom is -0.598 e. The highest BCUT2D eigenvalue weighted by molar-refractivity contribution is 7.94. The van der Waals surface area contributed by atoms with Crippen LogP contribution in [-0.2, 0) is 35.4 Å². The minimum absolute atomic E-state index is 0.0654. The van der Waals surface area contributed by atoms with Crippen LogP contribution >= 0.6 is 0 Å². The Kier molecular flexibility index (Phi) is 6.45. The summed E-state index contributed by atoms with van der Waals surface area (Å²) in [6.45, 7) is 4.21. The van der Waals surface area contributed by atoms with Gasteiger partial charge >= 0.3 is 5.97 Å². The Morgan fingerprint density at radius 1 is 1.10 bits per heavy atom. The molecule has 0 aromatic carbocycles. The van der Waals surface area contributed by atoms with E-state index in [0.717, 1.165) is 11.6 Å². The molecule has 2 unspecified atom stereocenters. The molecule has 172 valence electrons. The minimum atomic E-state index is -3.19. The Labute approximate surface area is 183 Å². The number of aryl methyl sites for hydroxylation is 1. The van der Waals surface area contributed by atoms with E-state index in [9.17, 15) is 18.4 Å². The smallest absolute Gasteiger partial charge is 0.309 e. The number of amides is 1. The first-order chi connectivity index (χ1) is 14.8. The van der Waals surface area contributed by atoms with Crippen molar-refractivity contribution in [1.82, 2.24) is 24.0 Å². The first-order valence-corrected chi connectivity index (χ1v) is 13.0. The summed E-state index contributed by atoms with van der Waals surface area (Å²) in [5, 5.41) is 8.72. The van der Waals surface area contributed by atoms with E-state index in [1.54, 1.807) is 6.92 Å². The number of aromatic nitrogens is 3. The van der Waals surface area contributed by atoms with Crippen molar-refractivity contribution in [2.75, 3.05) is 39.0 Å². The van der Waals surface area contributed by atoms with E-state index in [0.29, 0.717) is 71.3 Å². The summed E-state index contributed by atoms with van der Waals surface area (Å²) < 4.78 is 32.2. The Bertz CT molecular complexity index is 867. The lowest BCUT2D eigenvalue weighted by molar-refractivity contribution is -0.151. The van der Waals surface area contributed by atoms with Gasteiger partial charge in [0.1, 0.15) is 34.3 Å². The van der Waals surface area contributed by atoms with E-state index < -0.39 is 10.4 Å². The molecule has 0 saturated carbocycles. The molecule has 11 heteroatoms. The number of sulfonamides is 1. The molecular formula is C20H31N5O5S. The molecule has 0 spiro atoms. The highest BCUT2D eigenvalue weighted by atomic mass is 32.3. The molecule has 0 aliphatic carbocycles. The van der Waals surface area contributed by atoms with Crippen LogP contribution in [0, 0.1) is 5.92 Å². The number of likely N-dealkylation sites (tertiary alicyclic amines) is 1. The Morgan fingerprint density at radius 3 is 2.39 bits per heavy atom. The van der Waals surface area contributed by atoms with Gasteiger partial charge in [0.05, 0.1) is 12.5 Å². The highest BCUT2D eigenvalue weighted by Crippen LogP contribution is 2.36. The third-order valence-electron chi connectivity index (χ3n) is 6.75. The zero-order chi connectivity index (χ0) is 22.2. The van der Waals surface area contributed by atoms with Crippen LogP contribution in [0.2, 0.25) is 0 Å². The maximum absolute atomic E-state index is 13.3. The van der Waals surface area contributed by atoms with Gasteiger partial charge in [-0.05, 0) is 39.0 Å². The second kappa shape index (κ2) is 8.95.